The number of likely N-dealkylation sites (tertiary alicyclic amines) is 2. The van der Waals surface area contributed by atoms with Gasteiger partial charge in [0.05, 0.1) is 5.56 Å². The van der Waals surface area contributed by atoms with E-state index in [1.54, 1.807) is 4.90 Å². The van der Waals surface area contributed by atoms with Crippen LogP contribution in [-0.2, 0) is 4.79 Å². The maximum atomic E-state index is 14.5. The van der Waals surface area contributed by atoms with Gasteiger partial charge in [-0.1, -0.05) is 12.1 Å². The molecule has 3 heterocycles. The zero-order valence-corrected chi connectivity index (χ0v) is 22.4. The Morgan fingerprint density at radius 2 is 1.55 bits per heavy atom. The summed E-state index contributed by atoms with van der Waals surface area (Å²) in [5, 5.41) is 0. The van der Waals surface area contributed by atoms with E-state index in [0.29, 0.717) is 44.8 Å². The highest BCUT2D eigenvalue weighted by atomic mass is 19.1. The van der Waals surface area contributed by atoms with Crippen molar-refractivity contribution >= 4 is 17.5 Å². The molecule has 2 amide bonds. The highest BCUT2D eigenvalue weighted by molar-refractivity contribution is 5.93. The summed E-state index contributed by atoms with van der Waals surface area (Å²) in [4.78, 5) is 35.6. The monoisotopic (exact) mass is 552 g/mol. The van der Waals surface area contributed by atoms with Crippen molar-refractivity contribution in [1.29, 1.82) is 0 Å². The Balaban J connectivity index is 1.19. The van der Waals surface area contributed by atoms with E-state index in [1.807, 2.05) is 48.2 Å². The molecule has 2 aromatic carbocycles. The van der Waals surface area contributed by atoms with Crippen LogP contribution in [0.3, 0.4) is 0 Å². The Morgan fingerprint density at radius 3 is 2.20 bits per heavy atom. The average molecular weight is 553 g/mol. The largest absolute Gasteiger partial charge is 0.484 e. The molecule has 0 N–H and O–H groups in total. The Kier molecular flexibility index (Phi) is 7.95. The van der Waals surface area contributed by atoms with Gasteiger partial charge in [-0.15, -0.1) is 0 Å². The maximum Gasteiger partial charge on any atom is 0.272 e. The van der Waals surface area contributed by atoms with E-state index in [1.165, 1.54) is 12.1 Å². The van der Waals surface area contributed by atoms with Gasteiger partial charge in [0.25, 0.3) is 11.8 Å². The van der Waals surface area contributed by atoms with Crippen LogP contribution in [0, 0.1) is 29.3 Å². The number of halogens is 3. The molecule has 2 aliphatic heterocycles. The smallest absolute Gasteiger partial charge is 0.272 e. The van der Waals surface area contributed by atoms with Gasteiger partial charge >= 0.3 is 0 Å². The van der Waals surface area contributed by atoms with E-state index in [-0.39, 0.29) is 30.0 Å². The number of carbonyl (C=O) groups is 2. The lowest BCUT2D eigenvalue weighted by molar-refractivity contribution is -0.132. The summed E-state index contributed by atoms with van der Waals surface area (Å²) in [7, 11) is 3.88. The number of rotatable bonds is 6. The number of hydrogen-bond donors (Lipinski definition) is 0. The summed E-state index contributed by atoms with van der Waals surface area (Å²) >= 11 is 0. The summed E-state index contributed by atoms with van der Waals surface area (Å²) in [5.41, 5.74) is -0.213. The molecular formula is C30H31F3N4O3. The first-order valence-corrected chi connectivity index (χ1v) is 13.3. The number of pyridine rings is 1. The Hall–Kier alpha value is -4.08. The highest BCUT2D eigenvalue weighted by Crippen LogP contribution is 2.33. The highest BCUT2D eigenvalue weighted by Gasteiger charge is 2.38. The van der Waals surface area contributed by atoms with E-state index in [4.69, 9.17) is 4.74 Å². The first-order valence-electron chi connectivity index (χ1n) is 13.3. The van der Waals surface area contributed by atoms with E-state index < -0.39 is 34.6 Å². The van der Waals surface area contributed by atoms with Crippen LogP contribution >= 0.6 is 0 Å². The quantitative estimate of drug-likeness (QED) is 0.447. The van der Waals surface area contributed by atoms with Gasteiger partial charge < -0.3 is 19.4 Å². The molecule has 3 aromatic rings. The minimum Gasteiger partial charge on any atom is -0.484 e. The Labute approximate surface area is 231 Å². The van der Waals surface area contributed by atoms with E-state index >= 15 is 0 Å². The second-order valence-corrected chi connectivity index (χ2v) is 10.5. The predicted molar refractivity (Wildman–Crippen MR) is 145 cm³/mol. The third-order valence-electron chi connectivity index (χ3n) is 7.72. The molecule has 2 saturated heterocycles. The summed E-state index contributed by atoms with van der Waals surface area (Å²) in [6.45, 7) is 2.04. The third kappa shape index (κ3) is 5.76. The predicted octanol–water partition coefficient (Wildman–Crippen LogP) is 4.62. The molecular weight excluding hydrogens is 521 g/mol. The van der Waals surface area contributed by atoms with Crippen LogP contribution < -0.4 is 9.64 Å². The molecule has 0 spiro atoms. The normalized spacial score (nSPS) is 18.7. The van der Waals surface area contributed by atoms with Crippen molar-refractivity contribution in [3.63, 3.8) is 0 Å². The molecule has 0 bridgehead atoms. The third-order valence-corrected chi connectivity index (χ3v) is 7.72. The van der Waals surface area contributed by atoms with Crippen LogP contribution in [0.4, 0.5) is 18.9 Å². The second-order valence-electron chi connectivity index (χ2n) is 10.5. The summed E-state index contributed by atoms with van der Waals surface area (Å²) in [6.07, 6.45) is 1.39. The summed E-state index contributed by atoms with van der Waals surface area (Å²) in [6, 6.07) is 13.0. The average Bonchev–Trinajstić information content (AvgIpc) is 3.25. The van der Waals surface area contributed by atoms with Crippen molar-refractivity contribution in [2.24, 2.45) is 11.8 Å². The van der Waals surface area contributed by atoms with E-state index in [9.17, 15) is 22.8 Å². The molecule has 7 nitrogen and oxygen atoms in total. The fourth-order valence-corrected chi connectivity index (χ4v) is 5.47. The van der Waals surface area contributed by atoms with Crippen LogP contribution in [0.1, 0.15) is 23.3 Å². The van der Waals surface area contributed by atoms with E-state index in [2.05, 4.69) is 4.98 Å². The first kappa shape index (κ1) is 27.5. The van der Waals surface area contributed by atoms with Gasteiger partial charge in [0.15, 0.2) is 6.61 Å². The van der Waals surface area contributed by atoms with Crippen LogP contribution in [0.25, 0.3) is 11.3 Å². The second kappa shape index (κ2) is 11.6. The Morgan fingerprint density at radius 1 is 0.900 bits per heavy atom. The van der Waals surface area contributed by atoms with Crippen molar-refractivity contribution in [3.05, 3.63) is 77.7 Å². The van der Waals surface area contributed by atoms with Crippen molar-refractivity contribution < 1.29 is 27.5 Å². The standard InChI is InChI=1S/C30H31F3N4O3/c1-35(2)21-5-3-6-22(15-21)40-18-27(38)37-16-19-11-13-36(14-12-20(19)17-37)30(39)26-10-9-25(33)29(34-26)28-23(31)7-4-8-24(28)32/h3-10,15,19-20H,11-14,16-18H2,1-2H3/t19-,20+. The molecule has 5 rings (SSSR count). The molecule has 2 fully saturated rings. The maximum absolute atomic E-state index is 14.5. The van der Waals surface area contributed by atoms with Gasteiger partial charge in [0, 0.05) is 52.0 Å². The minimum absolute atomic E-state index is 0.0396. The number of anilines is 1. The fraction of sp³-hybridized carbons (Fsp3) is 0.367. The van der Waals surface area contributed by atoms with Gasteiger partial charge in [0.2, 0.25) is 0 Å². The summed E-state index contributed by atoms with van der Waals surface area (Å²) in [5.74, 6) is -2.19. The van der Waals surface area contributed by atoms with Crippen molar-refractivity contribution in [3.8, 4) is 17.0 Å². The molecule has 210 valence electrons. The van der Waals surface area contributed by atoms with Gasteiger partial charge in [-0.05, 0) is 61.1 Å². The topological polar surface area (TPSA) is 66.0 Å². The molecule has 0 unspecified atom stereocenters. The van der Waals surface area contributed by atoms with Crippen LogP contribution in [0.5, 0.6) is 5.75 Å². The molecule has 40 heavy (non-hydrogen) atoms. The van der Waals surface area contributed by atoms with Crippen molar-refractivity contribution in [2.75, 3.05) is 51.8 Å². The molecule has 0 saturated carbocycles. The lowest BCUT2D eigenvalue weighted by Gasteiger charge is -2.22. The van der Waals surface area contributed by atoms with Gasteiger partial charge in [-0.3, -0.25) is 9.59 Å². The number of nitrogens with zero attached hydrogens (tertiary/aromatic N) is 4. The van der Waals surface area contributed by atoms with Gasteiger partial charge in [-0.25, -0.2) is 18.2 Å². The zero-order valence-electron chi connectivity index (χ0n) is 22.4. The van der Waals surface area contributed by atoms with Gasteiger partial charge in [0.1, 0.15) is 34.6 Å². The van der Waals surface area contributed by atoms with Crippen LogP contribution in [0.15, 0.2) is 54.6 Å². The molecule has 0 aliphatic carbocycles. The van der Waals surface area contributed by atoms with Crippen molar-refractivity contribution in [2.45, 2.75) is 12.8 Å². The number of amides is 2. The number of benzene rings is 2. The fourth-order valence-electron chi connectivity index (χ4n) is 5.47. The number of aromatic nitrogens is 1. The molecule has 1 aromatic heterocycles. The Bertz CT molecular complexity index is 1380. The number of carbonyl (C=O) groups excluding carboxylic acids is 2. The molecule has 2 aliphatic rings. The van der Waals surface area contributed by atoms with Crippen LogP contribution in [-0.4, -0.2) is 73.5 Å². The zero-order chi connectivity index (χ0) is 28.4. The number of hydrogen-bond acceptors (Lipinski definition) is 5. The lowest BCUT2D eigenvalue weighted by atomic mass is 9.92. The summed E-state index contributed by atoms with van der Waals surface area (Å²) < 4.78 is 48.8. The lowest BCUT2D eigenvalue weighted by Crippen LogP contribution is -2.36. The minimum atomic E-state index is -0.954. The molecule has 10 heteroatoms. The van der Waals surface area contributed by atoms with Gasteiger partial charge in [-0.2, -0.15) is 0 Å². The molecule has 0 radical (unpaired) electrons. The number of ether oxygens (including phenoxy) is 1. The SMILES string of the molecule is CN(C)c1cccc(OCC(=O)N2C[C@H]3CCN(C(=O)c4ccc(F)c(-c5c(F)cccc5F)n4)CC[C@H]3C2)c1. The van der Waals surface area contributed by atoms with Crippen molar-refractivity contribution in [1.82, 2.24) is 14.8 Å². The first-order chi connectivity index (χ1) is 19.2. The number of fused-ring (bicyclic) bond motifs is 1. The molecule has 2 atom stereocenters. The van der Waals surface area contributed by atoms with Crippen LogP contribution in [0.2, 0.25) is 0 Å². The van der Waals surface area contributed by atoms with E-state index in [0.717, 1.165) is 23.9 Å².